The third kappa shape index (κ3) is 2.33. The van der Waals surface area contributed by atoms with Crippen molar-refractivity contribution in [2.24, 2.45) is 0 Å². The van der Waals surface area contributed by atoms with Crippen LogP contribution in [0.1, 0.15) is 22.2 Å². The quantitative estimate of drug-likeness (QED) is 0.780. The van der Waals surface area contributed by atoms with Crippen LogP contribution < -0.4 is 5.56 Å². The molecule has 3 aromatic heterocycles. The van der Waals surface area contributed by atoms with Crippen LogP contribution in [0.25, 0.3) is 11.6 Å². The van der Waals surface area contributed by atoms with Crippen molar-refractivity contribution in [2.45, 2.75) is 5.92 Å². The van der Waals surface area contributed by atoms with Gasteiger partial charge in [0.2, 0.25) is 11.7 Å². The molecule has 0 saturated carbocycles. The SMILES string of the molecule is O=C(c1ccc[nH]c1=O)N1CC(c2nc(-c3ccco3)no2)C1. The van der Waals surface area contributed by atoms with Crippen molar-refractivity contribution < 1.29 is 13.7 Å². The number of nitrogens with one attached hydrogen (secondary N) is 1. The average Bonchev–Trinajstić information content (AvgIpc) is 3.17. The molecule has 8 nitrogen and oxygen atoms in total. The lowest BCUT2D eigenvalue weighted by molar-refractivity contribution is 0.0567. The molecule has 0 aromatic carbocycles. The largest absolute Gasteiger partial charge is 0.461 e. The van der Waals surface area contributed by atoms with Gasteiger partial charge in [-0.2, -0.15) is 4.98 Å². The smallest absolute Gasteiger partial charge is 0.260 e. The highest BCUT2D eigenvalue weighted by Gasteiger charge is 2.36. The van der Waals surface area contributed by atoms with E-state index in [0.717, 1.165) is 0 Å². The van der Waals surface area contributed by atoms with Gasteiger partial charge in [0, 0.05) is 19.3 Å². The van der Waals surface area contributed by atoms with Gasteiger partial charge >= 0.3 is 0 Å². The summed E-state index contributed by atoms with van der Waals surface area (Å²) >= 11 is 0. The Kier molecular flexibility index (Phi) is 3.07. The van der Waals surface area contributed by atoms with Crippen LogP contribution in [0.5, 0.6) is 0 Å². The van der Waals surface area contributed by atoms with Gasteiger partial charge in [0.25, 0.3) is 11.5 Å². The maximum absolute atomic E-state index is 12.2. The number of aromatic amines is 1. The number of hydrogen-bond acceptors (Lipinski definition) is 6. The predicted octanol–water partition coefficient (Wildman–Crippen LogP) is 1.26. The fourth-order valence-corrected chi connectivity index (χ4v) is 2.47. The Morgan fingerprint density at radius 2 is 2.17 bits per heavy atom. The van der Waals surface area contributed by atoms with Crippen LogP contribution in [0.4, 0.5) is 0 Å². The van der Waals surface area contributed by atoms with E-state index in [1.807, 2.05) is 0 Å². The molecule has 116 valence electrons. The minimum atomic E-state index is -0.390. The molecule has 0 radical (unpaired) electrons. The number of likely N-dealkylation sites (tertiary alicyclic amines) is 1. The number of pyridine rings is 1. The van der Waals surface area contributed by atoms with Gasteiger partial charge in [-0.05, 0) is 24.3 Å². The lowest BCUT2D eigenvalue weighted by Gasteiger charge is -2.36. The number of rotatable bonds is 3. The van der Waals surface area contributed by atoms with Crippen molar-refractivity contribution >= 4 is 5.91 Å². The van der Waals surface area contributed by atoms with E-state index in [2.05, 4.69) is 15.1 Å². The van der Waals surface area contributed by atoms with Crippen LogP contribution in [0.2, 0.25) is 0 Å². The summed E-state index contributed by atoms with van der Waals surface area (Å²) in [6.07, 6.45) is 3.03. The standard InChI is InChI=1S/C15H12N4O4/c20-13-10(3-1-5-16-13)15(21)19-7-9(8-19)14-17-12(18-23-14)11-4-2-6-22-11/h1-6,9H,7-8H2,(H,16,20). The predicted molar refractivity (Wildman–Crippen MR) is 77.7 cm³/mol. The van der Waals surface area contributed by atoms with Crippen molar-refractivity contribution in [3.63, 3.8) is 0 Å². The minimum Gasteiger partial charge on any atom is -0.461 e. The highest BCUT2D eigenvalue weighted by molar-refractivity contribution is 5.94. The Morgan fingerprint density at radius 1 is 1.30 bits per heavy atom. The molecule has 3 aromatic rings. The number of aromatic nitrogens is 3. The van der Waals surface area contributed by atoms with Crippen LogP contribution in [-0.2, 0) is 0 Å². The first-order valence-electron chi connectivity index (χ1n) is 7.07. The Balaban J connectivity index is 1.45. The second-order valence-electron chi connectivity index (χ2n) is 5.25. The van der Waals surface area contributed by atoms with Gasteiger partial charge in [0.15, 0.2) is 5.76 Å². The molecule has 0 bridgehead atoms. The van der Waals surface area contributed by atoms with Crippen LogP contribution in [-0.4, -0.2) is 39.0 Å². The van der Waals surface area contributed by atoms with Crippen molar-refractivity contribution in [1.29, 1.82) is 0 Å². The summed E-state index contributed by atoms with van der Waals surface area (Å²) in [7, 11) is 0. The third-order valence-electron chi connectivity index (χ3n) is 3.75. The second-order valence-corrected chi connectivity index (χ2v) is 5.25. The molecule has 4 heterocycles. The summed E-state index contributed by atoms with van der Waals surface area (Å²) in [5.41, 5.74) is -0.258. The van der Waals surface area contributed by atoms with E-state index in [1.54, 1.807) is 23.1 Å². The van der Waals surface area contributed by atoms with Crippen molar-refractivity contribution in [2.75, 3.05) is 13.1 Å². The average molecular weight is 312 g/mol. The Hall–Kier alpha value is -3.16. The molecule has 0 atom stereocenters. The zero-order valence-electron chi connectivity index (χ0n) is 11.9. The molecule has 0 unspecified atom stereocenters. The summed E-state index contributed by atoms with van der Waals surface area (Å²) in [5.74, 6) is 1.05. The monoisotopic (exact) mass is 312 g/mol. The Morgan fingerprint density at radius 3 is 2.91 bits per heavy atom. The van der Waals surface area contributed by atoms with E-state index >= 15 is 0 Å². The number of carbonyl (C=O) groups is 1. The molecule has 1 N–H and O–H groups in total. The van der Waals surface area contributed by atoms with Gasteiger partial charge < -0.3 is 18.8 Å². The molecule has 0 aliphatic carbocycles. The van der Waals surface area contributed by atoms with Gasteiger partial charge in [0.05, 0.1) is 12.2 Å². The molecule has 1 amide bonds. The molecule has 4 rings (SSSR count). The first-order chi connectivity index (χ1) is 11.2. The second kappa shape index (κ2) is 5.24. The number of amides is 1. The number of furan rings is 1. The van der Waals surface area contributed by atoms with Crippen LogP contribution in [0.3, 0.4) is 0 Å². The van der Waals surface area contributed by atoms with E-state index in [-0.39, 0.29) is 22.9 Å². The van der Waals surface area contributed by atoms with E-state index in [9.17, 15) is 9.59 Å². The third-order valence-corrected chi connectivity index (χ3v) is 3.75. The zero-order valence-corrected chi connectivity index (χ0v) is 11.9. The molecule has 0 spiro atoms. The summed E-state index contributed by atoms with van der Waals surface area (Å²) < 4.78 is 10.4. The van der Waals surface area contributed by atoms with Crippen LogP contribution >= 0.6 is 0 Å². The van der Waals surface area contributed by atoms with Gasteiger partial charge in [-0.3, -0.25) is 9.59 Å². The van der Waals surface area contributed by atoms with E-state index < -0.39 is 0 Å². The van der Waals surface area contributed by atoms with Gasteiger partial charge in [-0.1, -0.05) is 5.16 Å². The summed E-state index contributed by atoms with van der Waals surface area (Å²) in [4.78, 5) is 32.2. The number of H-pyrrole nitrogens is 1. The van der Waals surface area contributed by atoms with Gasteiger partial charge in [0.1, 0.15) is 5.56 Å². The molecule has 1 fully saturated rings. The van der Waals surface area contributed by atoms with Crippen molar-refractivity contribution in [3.05, 3.63) is 58.5 Å². The summed E-state index contributed by atoms with van der Waals surface area (Å²) in [6, 6.07) is 6.62. The number of carbonyl (C=O) groups excluding carboxylic acids is 1. The van der Waals surface area contributed by atoms with Crippen molar-refractivity contribution in [3.8, 4) is 11.6 Å². The first-order valence-corrected chi connectivity index (χ1v) is 7.07. The number of nitrogens with zero attached hydrogens (tertiary/aromatic N) is 3. The van der Waals surface area contributed by atoms with E-state index in [4.69, 9.17) is 8.94 Å². The summed E-state index contributed by atoms with van der Waals surface area (Å²) in [5, 5.41) is 3.87. The fourth-order valence-electron chi connectivity index (χ4n) is 2.47. The minimum absolute atomic E-state index is 0.0297. The molecule has 1 saturated heterocycles. The highest BCUT2D eigenvalue weighted by atomic mass is 16.5. The Labute approximate surface area is 129 Å². The molecule has 1 aliphatic rings. The van der Waals surface area contributed by atoms with Gasteiger partial charge in [-0.15, -0.1) is 0 Å². The zero-order chi connectivity index (χ0) is 15.8. The number of hydrogen-bond donors (Lipinski definition) is 1. The van der Waals surface area contributed by atoms with Crippen molar-refractivity contribution in [1.82, 2.24) is 20.0 Å². The molecule has 23 heavy (non-hydrogen) atoms. The molecular formula is C15H12N4O4. The maximum Gasteiger partial charge on any atom is 0.260 e. The molecular weight excluding hydrogens is 300 g/mol. The van der Waals surface area contributed by atoms with E-state index in [1.165, 1.54) is 18.5 Å². The van der Waals surface area contributed by atoms with Crippen LogP contribution in [0.15, 0.2) is 50.5 Å². The lowest BCUT2D eigenvalue weighted by atomic mass is 9.99. The topological polar surface area (TPSA) is 105 Å². The Bertz CT molecular complexity index is 890. The fraction of sp³-hybridized carbons (Fsp3) is 0.200. The molecule has 1 aliphatic heterocycles. The normalized spacial score (nSPS) is 14.7. The lowest BCUT2D eigenvalue weighted by Crippen LogP contribution is -2.49. The highest BCUT2D eigenvalue weighted by Crippen LogP contribution is 2.28. The van der Waals surface area contributed by atoms with E-state index in [0.29, 0.717) is 30.6 Å². The first kappa shape index (κ1) is 13.5. The van der Waals surface area contributed by atoms with Gasteiger partial charge in [-0.25, -0.2) is 0 Å². The van der Waals surface area contributed by atoms with Crippen LogP contribution in [0, 0.1) is 0 Å². The maximum atomic E-state index is 12.2. The summed E-state index contributed by atoms with van der Waals surface area (Å²) in [6.45, 7) is 0.875. The molecule has 8 heteroatoms.